The van der Waals surface area contributed by atoms with Gasteiger partial charge in [0.1, 0.15) is 10.4 Å². The first kappa shape index (κ1) is 18.5. The minimum atomic E-state index is -3.78. The molecule has 1 amide bonds. The molecular formula is C16H17Cl2N3O3S. The van der Waals surface area contributed by atoms with Crippen molar-refractivity contribution in [1.82, 2.24) is 9.21 Å². The Hall–Kier alpha value is -1.33. The molecule has 3 rings (SSSR count). The second kappa shape index (κ2) is 6.13. The van der Waals surface area contributed by atoms with Gasteiger partial charge in [0, 0.05) is 26.2 Å². The third kappa shape index (κ3) is 3.02. The second-order valence-electron chi connectivity index (χ2n) is 6.52. The van der Waals surface area contributed by atoms with Crippen LogP contribution in [0.15, 0.2) is 29.2 Å². The molecule has 1 aromatic rings. The predicted molar refractivity (Wildman–Crippen MR) is 93.7 cm³/mol. The number of alkyl halides is 2. The van der Waals surface area contributed by atoms with E-state index >= 15 is 0 Å². The normalized spacial score (nSPS) is 26.1. The van der Waals surface area contributed by atoms with E-state index in [4.69, 9.17) is 28.5 Å². The van der Waals surface area contributed by atoms with Crippen molar-refractivity contribution in [3.8, 4) is 6.07 Å². The van der Waals surface area contributed by atoms with Gasteiger partial charge >= 0.3 is 0 Å². The van der Waals surface area contributed by atoms with Gasteiger partial charge in [0.15, 0.2) is 0 Å². The number of halogens is 2. The highest BCUT2D eigenvalue weighted by atomic mass is 35.5. The number of rotatable bonds is 3. The lowest BCUT2D eigenvalue weighted by atomic mass is 10.1. The number of amides is 1. The van der Waals surface area contributed by atoms with Crippen LogP contribution in [-0.4, -0.2) is 54.0 Å². The Bertz CT molecular complexity index is 858. The SMILES string of the molecule is C[C@]1(C(=O)N2CCN(S(=O)(=O)c3ccccc3C#N)CC2)CC1(Cl)Cl. The van der Waals surface area contributed by atoms with Crippen LogP contribution in [0.2, 0.25) is 0 Å². The summed E-state index contributed by atoms with van der Waals surface area (Å²) >= 11 is 12.1. The number of carbonyl (C=O) groups excluding carboxylic acids is 1. The molecule has 0 bridgehead atoms. The highest BCUT2D eigenvalue weighted by molar-refractivity contribution is 7.89. The summed E-state index contributed by atoms with van der Waals surface area (Å²) in [6.45, 7) is 2.60. The zero-order chi connectivity index (χ0) is 18.5. The number of hydrogen-bond donors (Lipinski definition) is 0. The summed E-state index contributed by atoms with van der Waals surface area (Å²) in [5.41, 5.74) is -0.689. The topological polar surface area (TPSA) is 81.5 Å². The van der Waals surface area contributed by atoms with Gasteiger partial charge in [-0.2, -0.15) is 9.57 Å². The smallest absolute Gasteiger partial charge is 0.244 e. The molecule has 1 saturated heterocycles. The van der Waals surface area contributed by atoms with Crippen molar-refractivity contribution >= 4 is 39.1 Å². The molecule has 0 aromatic heterocycles. The Morgan fingerprint density at radius 2 is 1.76 bits per heavy atom. The summed E-state index contributed by atoms with van der Waals surface area (Å²) in [4.78, 5) is 14.2. The molecule has 1 heterocycles. The highest BCUT2D eigenvalue weighted by Crippen LogP contribution is 2.64. The lowest BCUT2D eigenvalue weighted by Gasteiger charge is -2.35. The van der Waals surface area contributed by atoms with Crippen molar-refractivity contribution in [2.45, 2.75) is 22.6 Å². The highest BCUT2D eigenvalue weighted by Gasteiger charge is 2.68. The van der Waals surface area contributed by atoms with Gasteiger partial charge in [-0.25, -0.2) is 8.42 Å². The minimum absolute atomic E-state index is 0.00744. The molecule has 1 saturated carbocycles. The summed E-state index contributed by atoms with van der Waals surface area (Å²) in [7, 11) is -3.78. The zero-order valence-electron chi connectivity index (χ0n) is 13.6. The fourth-order valence-electron chi connectivity index (χ4n) is 3.04. The van der Waals surface area contributed by atoms with Crippen molar-refractivity contribution in [2.75, 3.05) is 26.2 Å². The van der Waals surface area contributed by atoms with Gasteiger partial charge < -0.3 is 4.90 Å². The van der Waals surface area contributed by atoms with Gasteiger partial charge in [0.2, 0.25) is 15.9 Å². The van der Waals surface area contributed by atoms with Crippen LogP contribution >= 0.6 is 23.2 Å². The molecule has 0 radical (unpaired) electrons. The number of nitrogens with zero attached hydrogens (tertiary/aromatic N) is 3. The fourth-order valence-corrected chi connectivity index (χ4v) is 5.30. The molecule has 0 spiro atoms. The maximum absolute atomic E-state index is 12.8. The molecule has 2 aliphatic rings. The molecule has 1 aliphatic carbocycles. The maximum Gasteiger partial charge on any atom is 0.244 e. The first-order valence-electron chi connectivity index (χ1n) is 7.80. The van der Waals surface area contributed by atoms with Crippen molar-refractivity contribution in [1.29, 1.82) is 5.26 Å². The Kier molecular flexibility index (Phi) is 4.53. The van der Waals surface area contributed by atoms with Crippen LogP contribution in [0.4, 0.5) is 0 Å². The molecule has 1 atom stereocenters. The van der Waals surface area contributed by atoms with E-state index in [1.165, 1.54) is 16.4 Å². The van der Waals surface area contributed by atoms with Gasteiger partial charge in [0.25, 0.3) is 0 Å². The Morgan fingerprint density at radius 3 is 2.28 bits per heavy atom. The molecule has 2 fully saturated rings. The molecule has 6 nitrogen and oxygen atoms in total. The summed E-state index contributed by atoms with van der Waals surface area (Å²) in [6, 6.07) is 8.01. The Balaban J connectivity index is 1.72. The van der Waals surface area contributed by atoms with E-state index in [-0.39, 0.29) is 42.5 Å². The lowest BCUT2D eigenvalue weighted by Crippen LogP contribution is -2.52. The van der Waals surface area contributed by atoms with E-state index < -0.39 is 19.8 Å². The molecule has 0 N–H and O–H groups in total. The molecule has 134 valence electrons. The number of piperazine rings is 1. The number of benzene rings is 1. The standard InChI is InChI=1S/C16H17Cl2N3O3S/c1-15(11-16(15,17)18)14(22)20-6-8-21(9-7-20)25(23,24)13-5-3-2-4-12(13)10-19/h2-5H,6-9,11H2,1H3/t15-/m1/s1. The average Bonchev–Trinajstić information content (AvgIpc) is 3.13. The van der Waals surface area contributed by atoms with Crippen molar-refractivity contribution in [2.24, 2.45) is 5.41 Å². The number of sulfonamides is 1. The predicted octanol–water partition coefficient (Wildman–Crippen LogP) is 1.98. The summed E-state index contributed by atoms with van der Waals surface area (Å²) in [6.07, 6.45) is 0.399. The number of carbonyl (C=O) groups is 1. The molecule has 25 heavy (non-hydrogen) atoms. The van der Waals surface area contributed by atoms with E-state index in [1.54, 1.807) is 24.0 Å². The van der Waals surface area contributed by atoms with Crippen LogP contribution in [0.5, 0.6) is 0 Å². The largest absolute Gasteiger partial charge is 0.339 e. The van der Waals surface area contributed by atoms with E-state index in [0.29, 0.717) is 6.42 Å². The lowest BCUT2D eigenvalue weighted by molar-refractivity contribution is -0.137. The van der Waals surface area contributed by atoms with Crippen LogP contribution < -0.4 is 0 Å². The van der Waals surface area contributed by atoms with Crippen LogP contribution in [-0.2, 0) is 14.8 Å². The number of hydrogen-bond acceptors (Lipinski definition) is 4. The van der Waals surface area contributed by atoms with E-state index in [1.807, 2.05) is 6.07 Å². The molecule has 0 unspecified atom stereocenters. The van der Waals surface area contributed by atoms with Gasteiger partial charge in [-0.1, -0.05) is 12.1 Å². The van der Waals surface area contributed by atoms with E-state index in [9.17, 15) is 13.2 Å². The molecule has 1 aliphatic heterocycles. The summed E-state index contributed by atoms with van der Waals surface area (Å²) in [5.74, 6) is -0.146. The van der Waals surface area contributed by atoms with Crippen LogP contribution in [0.1, 0.15) is 18.9 Å². The van der Waals surface area contributed by atoms with Crippen LogP contribution in [0, 0.1) is 16.7 Å². The van der Waals surface area contributed by atoms with Crippen molar-refractivity contribution in [3.05, 3.63) is 29.8 Å². The first-order chi connectivity index (χ1) is 11.6. The fraction of sp³-hybridized carbons (Fsp3) is 0.500. The van der Waals surface area contributed by atoms with Gasteiger partial charge in [-0.05, 0) is 25.5 Å². The zero-order valence-corrected chi connectivity index (χ0v) is 15.9. The molecule has 1 aromatic carbocycles. The Labute approximate surface area is 157 Å². The summed E-state index contributed by atoms with van der Waals surface area (Å²) in [5, 5.41) is 9.13. The third-order valence-electron chi connectivity index (χ3n) is 4.88. The average molecular weight is 402 g/mol. The third-order valence-corrected chi connectivity index (χ3v) is 7.94. The van der Waals surface area contributed by atoms with Crippen molar-refractivity contribution in [3.63, 3.8) is 0 Å². The monoisotopic (exact) mass is 401 g/mol. The van der Waals surface area contributed by atoms with Gasteiger partial charge in [-0.15, -0.1) is 23.2 Å². The quantitative estimate of drug-likeness (QED) is 0.724. The van der Waals surface area contributed by atoms with E-state index in [2.05, 4.69) is 0 Å². The first-order valence-corrected chi connectivity index (χ1v) is 9.99. The summed E-state index contributed by atoms with van der Waals surface area (Å²) < 4.78 is 25.8. The van der Waals surface area contributed by atoms with Crippen molar-refractivity contribution < 1.29 is 13.2 Å². The number of nitriles is 1. The second-order valence-corrected chi connectivity index (χ2v) is 9.91. The van der Waals surface area contributed by atoms with Crippen LogP contribution in [0.25, 0.3) is 0 Å². The molecular weight excluding hydrogens is 385 g/mol. The maximum atomic E-state index is 12.8. The minimum Gasteiger partial charge on any atom is -0.339 e. The molecule has 9 heteroatoms. The Morgan fingerprint density at radius 1 is 1.20 bits per heavy atom. The van der Waals surface area contributed by atoms with Gasteiger partial charge in [0.05, 0.1) is 15.9 Å². The van der Waals surface area contributed by atoms with Gasteiger partial charge in [-0.3, -0.25) is 4.79 Å². The van der Waals surface area contributed by atoms with E-state index in [0.717, 1.165) is 0 Å². The van der Waals surface area contributed by atoms with Crippen LogP contribution in [0.3, 0.4) is 0 Å².